The minimum atomic E-state index is -0.707. The van der Waals surface area contributed by atoms with Crippen LogP contribution in [0.15, 0.2) is 59.1 Å². The van der Waals surface area contributed by atoms with Crippen LogP contribution in [0.25, 0.3) is 11.3 Å². The van der Waals surface area contributed by atoms with Crippen molar-refractivity contribution in [3.63, 3.8) is 0 Å². The molecule has 3 aromatic rings. The molecule has 4 rings (SSSR count). The Balaban J connectivity index is 1.95. The molecule has 2 heterocycles. The lowest BCUT2D eigenvalue weighted by atomic mass is 9.79. The lowest BCUT2D eigenvalue weighted by Gasteiger charge is -2.28. The number of nitrogens with one attached hydrogen (secondary N) is 2. The highest BCUT2D eigenvalue weighted by atomic mass is 79.9. The van der Waals surface area contributed by atoms with Gasteiger partial charge in [0.15, 0.2) is 0 Å². The van der Waals surface area contributed by atoms with Crippen molar-refractivity contribution in [3.8, 4) is 23.2 Å². The number of hydrogen-bond acceptors (Lipinski definition) is 4. The zero-order valence-corrected chi connectivity index (χ0v) is 14.6. The van der Waals surface area contributed by atoms with Crippen molar-refractivity contribution in [2.45, 2.75) is 5.92 Å². The number of rotatable bonds is 2. The Labute approximate surface area is 152 Å². The summed E-state index contributed by atoms with van der Waals surface area (Å²) in [6.07, 6.45) is 0. The van der Waals surface area contributed by atoms with Crippen molar-refractivity contribution in [3.05, 3.63) is 70.2 Å². The molecule has 0 saturated carbocycles. The monoisotopic (exact) mass is 392 g/mol. The number of aromatic nitrogens is 2. The lowest BCUT2D eigenvalue weighted by molar-refractivity contribution is 0.437. The molecule has 0 fully saturated rings. The van der Waals surface area contributed by atoms with E-state index in [9.17, 15) is 5.26 Å². The van der Waals surface area contributed by atoms with Gasteiger partial charge in [-0.05, 0) is 23.3 Å². The van der Waals surface area contributed by atoms with Crippen molar-refractivity contribution in [1.29, 1.82) is 10.7 Å². The van der Waals surface area contributed by atoms with Crippen LogP contribution in [-0.2, 0) is 0 Å². The summed E-state index contributed by atoms with van der Waals surface area (Å²) in [5.74, 6) is -0.749. The third-order valence-electron chi connectivity index (χ3n) is 4.31. The minimum absolute atomic E-state index is 0.0777. The Morgan fingerprint density at radius 2 is 1.96 bits per heavy atom. The number of nitrogens with zero attached hydrogens (tertiary/aromatic N) is 2. The fourth-order valence-corrected chi connectivity index (χ4v) is 3.62. The quantitative estimate of drug-likeness (QED) is 0.673. The van der Waals surface area contributed by atoms with Gasteiger partial charge in [0.1, 0.15) is 5.92 Å². The Hall–Kier alpha value is -2.91. The molecule has 0 aliphatic carbocycles. The van der Waals surface area contributed by atoms with Gasteiger partial charge in [0.05, 0.1) is 17.3 Å². The first-order valence-corrected chi connectivity index (χ1v) is 8.53. The highest BCUT2D eigenvalue weighted by Gasteiger charge is 2.40. The molecule has 2 unspecified atom stereocenters. The summed E-state index contributed by atoms with van der Waals surface area (Å²) < 4.78 is 6.45. The zero-order chi connectivity index (χ0) is 17.4. The normalized spacial score (nSPS) is 19.0. The second-order valence-corrected chi connectivity index (χ2v) is 6.70. The van der Waals surface area contributed by atoms with E-state index in [0.29, 0.717) is 5.88 Å². The van der Waals surface area contributed by atoms with Crippen LogP contribution in [0.3, 0.4) is 0 Å². The molecule has 6 heteroatoms. The van der Waals surface area contributed by atoms with E-state index < -0.39 is 5.92 Å². The van der Waals surface area contributed by atoms with E-state index in [0.717, 1.165) is 26.9 Å². The first-order chi connectivity index (χ1) is 12.2. The van der Waals surface area contributed by atoms with E-state index in [1.807, 2.05) is 54.6 Å². The van der Waals surface area contributed by atoms with Gasteiger partial charge in [0, 0.05) is 10.4 Å². The minimum Gasteiger partial charge on any atom is -0.422 e. The molecule has 2 N–H and O–H groups in total. The average molecular weight is 393 g/mol. The van der Waals surface area contributed by atoms with Crippen LogP contribution in [0.4, 0.5) is 0 Å². The van der Waals surface area contributed by atoms with Gasteiger partial charge in [-0.3, -0.25) is 10.5 Å². The van der Waals surface area contributed by atoms with Gasteiger partial charge in [0.25, 0.3) is 0 Å². The molecular weight excluding hydrogens is 380 g/mol. The van der Waals surface area contributed by atoms with Crippen LogP contribution in [0.1, 0.15) is 17.0 Å². The van der Waals surface area contributed by atoms with Gasteiger partial charge in [-0.1, -0.05) is 58.4 Å². The summed E-state index contributed by atoms with van der Waals surface area (Å²) in [5.41, 5.74) is 3.53. The molecule has 122 valence electrons. The second-order valence-electron chi connectivity index (χ2n) is 5.79. The predicted octanol–water partition coefficient (Wildman–Crippen LogP) is 4.48. The molecule has 0 bridgehead atoms. The topological polar surface area (TPSA) is 85.6 Å². The van der Waals surface area contributed by atoms with Crippen LogP contribution in [0, 0.1) is 22.7 Å². The number of fused-ring (bicyclic) bond motifs is 1. The highest BCUT2D eigenvalue weighted by Crippen LogP contribution is 2.45. The van der Waals surface area contributed by atoms with Gasteiger partial charge in [-0.15, -0.1) is 5.10 Å². The van der Waals surface area contributed by atoms with E-state index in [-0.39, 0.29) is 11.8 Å². The molecular formula is C19H13BrN4O. The molecule has 1 aliphatic heterocycles. The van der Waals surface area contributed by atoms with Crippen molar-refractivity contribution in [2.24, 2.45) is 5.92 Å². The fourth-order valence-electron chi connectivity index (χ4n) is 3.20. The van der Waals surface area contributed by atoms with Crippen molar-refractivity contribution >= 4 is 21.8 Å². The van der Waals surface area contributed by atoms with E-state index in [2.05, 4.69) is 32.2 Å². The third kappa shape index (κ3) is 2.63. The van der Waals surface area contributed by atoms with Gasteiger partial charge in [-0.2, -0.15) is 5.26 Å². The molecule has 2 aromatic carbocycles. The summed E-state index contributed by atoms with van der Waals surface area (Å²) in [5, 5.41) is 25.0. The number of halogens is 1. The number of benzene rings is 2. The fraction of sp³-hybridized carbons (Fsp3) is 0.105. The maximum absolute atomic E-state index is 9.67. The predicted molar refractivity (Wildman–Crippen MR) is 97.5 cm³/mol. The number of aromatic amines is 1. The molecule has 1 aliphatic rings. The van der Waals surface area contributed by atoms with Crippen molar-refractivity contribution < 1.29 is 4.74 Å². The summed E-state index contributed by atoms with van der Waals surface area (Å²) in [6.45, 7) is 0. The molecule has 2 atom stereocenters. The molecule has 1 aromatic heterocycles. The van der Waals surface area contributed by atoms with Crippen molar-refractivity contribution in [1.82, 2.24) is 10.2 Å². The third-order valence-corrected chi connectivity index (χ3v) is 4.81. The van der Waals surface area contributed by atoms with E-state index in [1.54, 1.807) is 0 Å². The zero-order valence-electron chi connectivity index (χ0n) is 13.0. The maximum Gasteiger partial charge on any atom is 0.244 e. The van der Waals surface area contributed by atoms with Crippen molar-refractivity contribution in [2.75, 3.05) is 0 Å². The molecule has 25 heavy (non-hydrogen) atoms. The van der Waals surface area contributed by atoms with Crippen LogP contribution < -0.4 is 4.74 Å². The Morgan fingerprint density at radius 1 is 1.16 bits per heavy atom. The Bertz CT molecular complexity index is 990. The number of nitriles is 1. The summed E-state index contributed by atoms with van der Waals surface area (Å²) in [7, 11) is 0. The standard InChI is InChI=1S/C19H13BrN4O/c20-13-8-4-7-12(9-13)15-14(10-21)18(22)25-19-16(15)17(23-24-19)11-5-2-1-3-6-11/h1-9,14-15,22H,(H,23,24). The molecule has 0 saturated heterocycles. The van der Waals surface area contributed by atoms with Gasteiger partial charge in [0.2, 0.25) is 11.8 Å². The van der Waals surface area contributed by atoms with Gasteiger partial charge in [-0.25, -0.2) is 0 Å². The Kier molecular flexibility index (Phi) is 3.86. The number of H-pyrrole nitrogens is 1. The summed E-state index contributed by atoms with van der Waals surface area (Å²) in [4.78, 5) is 0. The first kappa shape index (κ1) is 15.6. The number of hydrogen-bond donors (Lipinski definition) is 2. The first-order valence-electron chi connectivity index (χ1n) is 7.74. The van der Waals surface area contributed by atoms with Crippen LogP contribution >= 0.6 is 15.9 Å². The van der Waals surface area contributed by atoms with Crippen LogP contribution in [-0.4, -0.2) is 16.1 Å². The van der Waals surface area contributed by atoms with Gasteiger partial charge < -0.3 is 4.74 Å². The maximum atomic E-state index is 9.67. The average Bonchev–Trinajstić information content (AvgIpc) is 3.04. The van der Waals surface area contributed by atoms with E-state index >= 15 is 0 Å². The summed E-state index contributed by atoms with van der Waals surface area (Å²) >= 11 is 3.49. The van der Waals surface area contributed by atoms with Gasteiger partial charge >= 0.3 is 0 Å². The lowest BCUT2D eigenvalue weighted by Crippen LogP contribution is -2.30. The molecule has 0 spiro atoms. The second kappa shape index (κ2) is 6.19. The van der Waals surface area contributed by atoms with E-state index in [4.69, 9.17) is 10.1 Å². The highest BCUT2D eigenvalue weighted by molar-refractivity contribution is 9.10. The van der Waals surface area contributed by atoms with Crippen LogP contribution in [0.5, 0.6) is 5.88 Å². The largest absolute Gasteiger partial charge is 0.422 e. The smallest absolute Gasteiger partial charge is 0.244 e. The molecule has 0 amide bonds. The Morgan fingerprint density at radius 3 is 2.68 bits per heavy atom. The van der Waals surface area contributed by atoms with Crippen LogP contribution in [0.2, 0.25) is 0 Å². The summed E-state index contributed by atoms with van der Waals surface area (Å²) in [6, 6.07) is 19.8. The molecule has 5 nitrogen and oxygen atoms in total. The number of ether oxygens (including phenoxy) is 1. The SMILES string of the molecule is N#CC1C(=N)Oc2n[nH]c(-c3ccccc3)c2C1c1cccc(Br)c1. The van der Waals surface area contributed by atoms with E-state index in [1.165, 1.54) is 0 Å². The molecule has 0 radical (unpaired) electrons.